The maximum Gasteiger partial charge on any atom is 0.344 e. The number of fused-ring (bicyclic) bond motifs is 1. The van der Waals surface area contributed by atoms with Crippen LogP contribution in [0.4, 0.5) is 10.1 Å². The molecule has 3 aromatic rings. The van der Waals surface area contributed by atoms with Crippen LogP contribution in [0.5, 0.6) is 5.75 Å². The van der Waals surface area contributed by atoms with Crippen LogP contribution in [0.1, 0.15) is 0 Å². The zero-order valence-electron chi connectivity index (χ0n) is 14.4. The van der Waals surface area contributed by atoms with Crippen molar-refractivity contribution in [3.05, 3.63) is 58.7 Å². The zero-order chi connectivity index (χ0) is 18.1. The van der Waals surface area contributed by atoms with E-state index in [4.69, 9.17) is 9.15 Å². The van der Waals surface area contributed by atoms with Crippen molar-refractivity contribution in [2.45, 2.75) is 0 Å². The van der Waals surface area contributed by atoms with E-state index in [9.17, 15) is 9.18 Å². The number of nitrogens with zero attached hydrogens (tertiary/aromatic N) is 1. The number of anilines is 1. The van der Waals surface area contributed by atoms with E-state index < -0.39 is 11.4 Å². The van der Waals surface area contributed by atoms with Crippen LogP contribution in [0.3, 0.4) is 0 Å². The Morgan fingerprint density at radius 1 is 1.12 bits per heavy atom. The Balaban J connectivity index is 1.75. The highest BCUT2D eigenvalue weighted by Crippen LogP contribution is 2.27. The summed E-state index contributed by atoms with van der Waals surface area (Å²) in [7, 11) is 1.40. The van der Waals surface area contributed by atoms with Gasteiger partial charge in [-0.25, -0.2) is 9.18 Å². The SMILES string of the molecule is COc1ccc(-c2cc3ccc(N4CCNCC4)cc3oc2=O)cc1F. The summed E-state index contributed by atoms with van der Waals surface area (Å²) in [6.45, 7) is 3.70. The van der Waals surface area contributed by atoms with Crippen molar-refractivity contribution in [2.24, 2.45) is 0 Å². The monoisotopic (exact) mass is 354 g/mol. The standard InChI is InChI=1S/C20H19FN2O3/c1-25-18-5-3-13(11-17(18)21)16-10-14-2-4-15(12-19(14)26-20(16)24)23-8-6-22-7-9-23/h2-5,10-12,22H,6-9H2,1H3. The van der Waals surface area contributed by atoms with Crippen molar-refractivity contribution in [2.75, 3.05) is 38.2 Å². The van der Waals surface area contributed by atoms with E-state index in [1.54, 1.807) is 12.1 Å². The fourth-order valence-corrected chi connectivity index (χ4v) is 3.25. The lowest BCUT2D eigenvalue weighted by Crippen LogP contribution is -2.43. The van der Waals surface area contributed by atoms with Crippen molar-refractivity contribution in [1.29, 1.82) is 0 Å². The smallest absolute Gasteiger partial charge is 0.344 e. The van der Waals surface area contributed by atoms with Gasteiger partial charge in [0.2, 0.25) is 0 Å². The van der Waals surface area contributed by atoms with Crippen LogP contribution in [0.2, 0.25) is 0 Å². The van der Waals surface area contributed by atoms with Gasteiger partial charge in [-0.3, -0.25) is 0 Å². The summed E-state index contributed by atoms with van der Waals surface area (Å²) in [6.07, 6.45) is 0. The van der Waals surface area contributed by atoms with E-state index >= 15 is 0 Å². The third-order valence-electron chi connectivity index (χ3n) is 4.66. The van der Waals surface area contributed by atoms with Crippen molar-refractivity contribution in [3.63, 3.8) is 0 Å². The van der Waals surface area contributed by atoms with Gasteiger partial charge in [-0.1, -0.05) is 6.07 Å². The summed E-state index contributed by atoms with van der Waals surface area (Å²) in [6, 6.07) is 12.0. The molecule has 0 atom stereocenters. The molecule has 1 fully saturated rings. The fourth-order valence-electron chi connectivity index (χ4n) is 3.25. The van der Waals surface area contributed by atoms with Gasteiger partial charge in [-0.05, 0) is 35.9 Å². The van der Waals surface area contributed by atoms with Gasteiger partial charge in [-0.2, -0.15) is 0 Å². The highest BCUT2D eigenvalue weighted by atomic mass is 19.1. The van der Waals surface area contributed by atoms with Gasteiger partial charge < -0.3 is 19.4 Å². The van der Waals surface area contributed by atoms with Gasteiger partial charge in [0.25, 0.3) is 0 Å². The molecule has 0 spiro atoms. The third kappa shape index (κ3) is 3.04. The van der Waals surface area contributed by atoms with Gasteiger partial charge in [0.15, 0.2) is 11.6 Å². The Morgan fingerprint density at radius 3 is 2.65 bits per heavy atom. The molecule has 0 radical (unpaired) electrons. The van der Waals surface area contributed by atoms with Gasteiger partial charge in [-0.15, -0.1) is 0 Å². The second-order valence-electron chi connectivity index (χ2n) is 6.26. The molecular weight excluding hydrogens is 335 g/mol. The van der Waals surface area contributed by atoms with E-state index in [0.717, 1.165) is 37.3 Å². The Kier molecular flexibility index (Phi) is 4.34. The van der Waals surface area contributed by atoms with E-state index in [0.29, 0.717) is 16.7 Å². The summed E-state index contributed by atoms with van der Waals surface area (Å²) < 4.78 is 24.4. The van der Waals surface area contributed by atoms with Gasteiger partial charge in [0.1, 0.15) is 5.58 Å². The first kappa shape index (κ1) is 16.6. The quantitative estimate of drug-likeness (QED) is 0.733. The molecule has 26 heavy (non-hydrogen) atoms. The Hall–Kier alpha value is -2.86. The van der Waals surface area contributed by atoms with Crippen molar-refractivity contribution in [1.82, 2.24) is 5.32 Å². The molecule has 0 aliphatic carbocycles. The largest absolute Gasteiger partial charge is 0.494 e. The van der Waals surface area contributed by atoms with Crippen LogP contribution in [0.25, 0.3) is 22.1 Å². The average molecular weight is 354 g/mol. The maximum atomic E-state index is 14.0. The molecular formula is C20H19FN2O3. The minimum absolute atomic E-state index is 0.139. The molecule has 0 unspecified atom stereocenters. The van der Waals surface area contributed by atoms with Crippen LogP contribution in [0, 0.1) is 5.82 Å². The first-order valence-corrected chi connectivity index (χ1v) is 8.53. The van der Waals surface area contributed by atoms with Crippen molar-refractivity contribution >= 4 is 16.7 Å². The molecule has 0 amide bonds. The summed E-state index contributed by atoms with van der Waals surface area (Å²) in [5, 5.41) is 4.12. The highest BCUT2D eigenvalue weighted by Gasteiger charge is 2.14. The molecule has 5 nitrogen and oxygen atoms in total. The van der Waals surface area contributed by atoms with Crippen LogP contribution < -0.4 is 20.6 Å². The molecule has 1 aliphatic rings. The number of piperazine rings is 1. The molecule has 1 saturated heterocycles. The van der Waals surface area contributed by atoms with Crippen LogP contribution in [-0.2, 0) is 0 Å². The van der Waals surface area contributed by atoms with Crippen molar-refractivity contribution in [3.8, 4) is 16.9 Å². The molecule has 134 valence electrons. The van der Waals surface area contributed by atoms with Crippen molar-refractivity contribution < 1.29 is 13.5 Å². The molecule has 2 aromatic carbocycles. The molecule has 0 saturated carbocycles. The lowest BCUT2D eigenvalue weighted by Gasteiger charge is -2.29. The Labute approximate surface area is 150 Å². The van der Waals surface area contributed by atoms with E-state index in [1.807, 2.05) is 18.2 Å². The maximum absolute atomic E-state index is 14.0. The molecule has 1 aromatic heterocycles. The summed E-state index contributed by atoms with van der Waals surface area (Å²) in [5.74, 6) is -0.377. The normalized spacial score (nSPS) is 14.6. The highest BCUT2D eigenvalue weighted by molar-refractivity contribution is 5.84. The minimum Gasteiger partial charge on any atom is -0.494 e. The lowest BCUT2D eigenvalue weighted by molar-refractivity contribution is 0.386. The molecule has 2 heterocycles. The first-order chi connectivity index (χ1) is 12.7. The first-order valence-electron chi connectivity index (χ1n) is 8.53. The molecule has 0 bridgehead atoms. The van der Waals surface area contributed by atoms with Gasteiger partial charge in [0, 0.05) is 43.3 Å². The van der Waals surface area contributed by atoms with Gasteiger partial charge in [0.05, 0.1) is 12.7 Å². The number of rotatable bonds is 3. The topological polar surface area (TPSA) is 54.7 Å². The second kappa shape index (κ2) is 6.80. The molecule has 1 aliphatic heterocycles. The number of halogens is 1. The number of methoxy groups -OCH3 is 1. The number of nitrogens with one attached hydrogen (secondary N) is 1. The minimum atomic E-state index is -0.515. The summed E-state index contributed by atoms with van der Waals surface area (Å²) >= 11 is 0. The molecule has 4 rings (SSSR count). The fraction of sp³-hybridized carbons (Fsp3) is 0.250. The Bertz CT molecular complexity index is 1010. The van der Waals surface area contributed by atoms with Crippen LogP contribution in [0.15, 0.2) is 51.7 Å². The predicted molar refractivity (Wildman–Crippen MR) is 99.5 cm³/mol. The van der Waals surface area contributed by atoms with E-state index in [2.05, 4.69) is 10.2 Å². The lowest BCUT2D eigenvalue weighted by atomic mass is 10.1. The number of hydrogen-bond acceptors (Lipinski definition) is 5. The average Bonchev–Trinajstić information content (AvgIpc) is 2.67. The van der Waals surface area contributed by atoms with E-state index in [-0.39, 0.29) is 5.75 Å². The van der Waals surface area contributed by atoms with Crippen LogP contribution >= 0.6 is 0 Å². The number of hydrogen-bond donors (Lipinski definition) is 1. The summed E-state index contributed by atoms with van der Waals surface area (Å²) in [4.78, 5) is 14.7. The molecule has 6 heteroatoms. The number of benzene rings is 2. The van der Waals surface area contributed by atoms with E-state index in [1.165, 1.54) is 19.2 Å². The predicted octanol–water partition coefficient (Wildman–Crippen LogP) is 3.02. The zero-order valence-corrected chi connectivity index (χ0v) is 14.4. The van der Waals surface area contributed by atoms with Gasteiger partial charge >= 0.3 is 5.63 Å². The summed E-state index contributed by atoms with van der Waals surface area (Å²) in [5.41, 5.74) is 1.87. The number of ether oxygens (including phenoxy) is 1. The third-order valence-corrected chi connectivity index (χ3v) is 4.66. The molecule has 1 N–H and O–H groups in total. The Morgan fingerprint density at radius 2 is 1.92 bits per heavy atom. The van der Waals surface area contributed by atoms with Crippen LogP contribution in [-0.4, -0.2) is 33.3 Å². The second-order valence-corrected chi connectivity index (χ2v) is 6.26.